The highest BCUT2D eigenvalue weighted by Gasteiger charge is 2.46. The van der Waals surface area contributed by atoms with Gasteiger partial charge in [0.25, 0.3) is 11.7 Å². The van der Waals surface area contributed by atoms with Crippen LogP contribution in [0.1, 0.15) is 29.7 Å². The van der Waals surface area contributed by atoms with Crippen LogP contribution in [0.15, 0.2) is 78.6 Å². The third-order valence-electron chi connectivity index (χ3n) is 5.24. The maximum atomic E-state index is 13.1. The molecule has 7 heteroatoms. The van der Waals surface area contributed by atoms with Crippen molar-refractivity contribution in [1.29, 1.82) is 0 Å². The van der Waals surface area contributed by atoms with Crippen LogP contribution in [0.5, 0.6) is 11.5 Å². The van der Waals surface area contributed by atoms with Crippen LogP contribution in [-0.4, -0.2) is 38.4 Å². The number of carbonyl (C=O) groups is 2. The number of likely N-dealkylation sites (tertiary alicyclic amines) is 1. The summed E-state index contributed by atoms with van der Waals surface area (Å²) >= 11 is 0. The van der Waals surface area contributed by atoms with Gasteiger partial charge < -0.3 is 19.8 Å². The highest BCUT2D eigenvalue weighted by atomic mass is 16.5. The Morgan fingerprint density at radius 1 is 1.09 bits per heavy atom. The maximum absolute atomic E-state index is 13.1. The second-order valence-electron chi connectivity index (χ2n) is 7.34. The Morgan fingerprint density at radius 3 is 2.56 bits per heavy atom. The van der Waals surface area contributed by atoms with Gasteiger partial charge in [0, 0.05) is 24.5 Å². The van der Waals surface area contributed by atoms with Crippen LogP contribution in [0.2, 0.25) is 0 Å². The summed E-state index contributed by atoms with van der Waals surface area (Å²) in [5.74, 6) is -1.16. The summed E-state index contributed by atoms with van der Waals surface area (Å²) in [5, 5.41) is 20.8. The van der Waals surface area contributed by atoms with Gasteiger partial charge in [-0.05, 0) is 48.4 Å². The van der Waals surface area contributed by atoms with Crippen LogP contribution in [0.3, 0.4) is 0 Å². The number of ketones is 1. The molecule has 1 fully saturated rings. The molecule has 1 aliphatic rings. The zero-order valence-corrected chi connectivity index (χ0v) is 17.4. The molecule has 1 aliphatic heterocycles. The second kappa shape index (κ2) is 8.93. The zero-order valence-electron chi connectivity index (χ0n) is 17.4. The molecular weight excluding hydrogens is 408 g/mol. The second-order valence-corrected chi connectivity index (χ2v) is 7.34. The molecule has 7 nitrogen and oxygen atoms in total. The maximum Gasteiger partial charge on any atom is 0.295 e. The third kappa shape index (κ3) is 4.05. The minimum absolute atomic E-state index is 0.0155. The number of ether oxygens (including phenoxy) is 1. The fourth-order valence-corrected chi connectivity index (χ4v) is 3.79. The van der Waals surface area contributed by atoms with Crippen molar-refractivity contribution in [3.8, 4) is 11.5 Å². The van der Waals surface area contributed by atoms with Crippen molar-refractivity contribution in [2.75, 3.05) is 6.61 Å². The molecule has 1 amide bonds. The Balaban J connectivity index is 1.84. The molecule has 2 N–H and O–H groups in total. The van der Waals surface area contributed by atoms with Crippen molar-refractivity contribution in [2.24, 2.45) is 0 Å². The summed E-state index contributed by atoms with van der Waals surface area (Å²) in [7, 11) is 0. The molecule has 1 saturated heterocycles. The van der Waals surface area contributed by atoms with Gasteiger partial charge in [0.15, 0.2) is 0 Å². The Kier molecular flexibility index (Phi) is 5.89. The highest BCUT2D eigenvalue weighted by Crippen LogP contribution is 2.40. The fraction of sp³-hybridized carbons (Fsp3) is 0.160. The topological polar surface area (TPSA) is 100.0 Å². The first kappa shape index (κ1) is 21.1. The summed E-state index contributed by atoms with van der Waals surface area (Å²) in [6, 6.07) is 15.7. The van der Waals surface area contributed by atoms with Gasteiger partial charge in [-0.25, -0.2) is 0 Å². The van der Waals surface area contributed by atoms with E-state index in [9.17, 15) is 19.8 Å². The molecule has 1 atom stereocenters. The van der Waals surface area contributed by atoms with E-state index < -0.39 is 17.7 Å². The van der Waals surface area contributed by atoms with E-state index in [0.29, 0.717) is 23.5 Å². The number of hydrogen-bond donors (Lipinski definition) is 2. The average Bonchev–Trinajstić information content (AvgIpc) is 3.05. The van der Waals surface area contributed by atoms with Crippen LogP contribution >= 0.6 is 0 Å². The van der Waals surface area contributed by atoms with Crippen molar-refractivity contribution in [2.45, 2.75) is 19.5 Å². The number of hydrogen-bond acceptors (Lipinski definition) is 6. The first-order valence-electron chi connectivity index (χ1n) is 10.2. The van der Waals surface area contributed by atoms with Crippen molar-refractivity contribution < 1.29 is 24.5 Å². The van der Waals surface area contributed by atoms with Crippen molar-refractivity contribution in [1.82, 2.24) is 9.88 Å². The molecule has 2 heterocycles. The van der Waals surface area contributed by atoms with Crippen LogP contribution in [0, 0.1) is 0 Å². The van der Waals surface area contributed by atoms with Crippen LogP contribution < -0.4 is 4.74 Å². The molecule has 2 aromatic carbocycles. The molecule has 0 saturated carbocycles. The summed E-state index contributed by atoms with van der Waals surface area (Å²) in [4.78, 5) is 31.6. The number of aromatic hydroxyl groups is 1. The van der Waals surface area contributed by atoms with Gasteiger partial charge in [0.2, 0.25) is 0 Å². The van der Waals surface area contributed by atoms with Crippen molar-refractivity contribution in [3.63, 3.8) is 0 Å². The van der Waals surface area contributed by atoms with Crippen LogP contribution in [0.25, 0.3) is 5.76 Å². The number of aliphatic hydroxyl groups is 1. The minimum Gasteiger partial charge on any atom is -0.508 e. The number of carbonyl (C=O) groups excluding carboxylic acids is 2. The molecule has 1 aromatic heterocycles. The van der Waals surface area contributed by atoms with Gasteiger partial charge in [-0.15, -0.1) is 0 Å². The van der Waals surface area contributed by atoms with E-state index in [1.54, 1.807) is 54.9 Å². The van der Waals surface area contributed by atoms with Gasteiger partial charge in [-0.2, -0.15) is 0 Å². The smallest absolute Gasteiger partial charge is 0.295 e. The van der Waals surface area contributed by atoms with E-state index >= 15 is 0 Å². The molecule has 162 valence electrons. The first-order chi connectivity index (χ1) is 15.5. The number of phenols is 1. The molecule has 0 bridgehead atoms. The van der Waals surface area contributed by atoms with E-state index in [1.807, 2.05) is 13.0 Å². The zero-order chi connectivity index (χ0) is 22.7. The lowest BCUT2D eigenvalue weighted by Gasteiger charge is -2.25. The fourth-order valence-electron chi connectivity index (χ4n) is 3.79. The van der Waals surface area contributed by atoms with Crippen molar-refractivity contribution >= 4 is 17.4 Å². The molecule has 1 unspecified atom stereocenters. The Morgan fingerprint density at radius 2 is 1.88 bits per heavy atom. The SMILES string of the molecule is CCOc1cccc(C(O)=C2C(=O)C(=O)N(Cc3cccnc3)C2c2ccc(O)cc2)c1. The lowest BCUT2D eigenvalue weighted by atomic mass is 9.95. The molecular formula is C25H22N2O5. The quantitative estimate of drug-likeness (QED) is 0.350. The highest BCUT2D eigenvalue weighted by molar-refractivity contribution is 6.46. The number of pyridine rings is 1. The van der Waals surface area contributed by atoms with Crippen LogP contribution in [-0.2, 0) is 16.1 Å². The van der Waals surface area contributed by atoms with E-state index in [2.05, 4.69) is 4.98 Å². The first-order valence-corrected chi connectivity index (χ1v) is 10.2. The molecule has 3 aromatic rings. The molecule has 0 aliphatic carbocycles. The Bertz CT molecular complexity index is 1170. The Labute approximate surface area is 185 Å². The standard InChI is InChI=1S/C25H22N2O5/c1-2-32-20-7-3-6-18(13-20)23(29)21-22(17-8-10-19(28)11-9-17)27(25(31)24(21)30)15-16-5-4-12-26-14-16/h3-14,22,28-29H,2,15H2,1H3. The predicted octanol–water partition coefficient (Wildman–Crippen LogP) is 3.81. The van der Waals surface area contributed by atoms with Crippen LogP contribution in [0.4, 0.5) is 0 Å². The number of aromatic nitrogens is 1. The summed E-state index contributed by atoms with van der Waals surface area (Å²) in [6.45, 7) is 2.44. The van der Waals surface area contributed by atoms with Gasteiger partial charge >= 0.3 is 0 Å². The van der Waals surface area contributed by atoms with E-state index in [1.165, 1.54) is 17.0 Å². The van der Waals surface area contributed by atoms with Gasteiger partial charge in [-0.1, -0.05) is 30.3 Å². The number of rotatable bonds is 6. The average molecular weight is 430 g/mol. The number of Topliss-reactive ketones (excluding diaryl/α,β-unsaturated/α-hetero) is 1. The minimum atomic E-state index is -0.827. The van der Waals surface area contributed by atoms with Crippen molar-refractivity contribution in [3.05, 3.63) is 95.3 Å². The normalized spacial score (nSPS) is 17.5. The van der Waals surface area contributed by atoms with E-state index in [-0.39, 0.29) is 23.6 Å². The number of benzene rings is 2. The lowest BCUT2D eigenvalue weighted by molar-refractivity contribution is -0.140. The summed E-state index contributed by atoms with van der Waals surface area (Å²) in [6.07, 6.45) is 3.25. The molecule has 0 radical (unpaired) electrons. The Hall–Kier alpha value is -4.13. The number of phenolic OH excluding ortho intramolecular Hbond substituents is 1. The third-order valence-corrected chi connectivity index (χ3v) is 5.24. The molecule has 4 rings (SSSR count). The number of amides is 1. The predicted molar refractivity (Wildman–Crippen MR) is 118 cm³/mol. The van der Waals surface area contributed by atoms with E-state index in [0.717, 1.165) is 5.56 Å². The molecule has 32 heavy (non-hydrogen) atoms. The molecule has 0 spiro atoms. The van der Waals surface area contributed by atoms with Gasteiger partial charge in [0.1, 0.15) is 17.3 Å². The number of aliphatic hydroxyl groups excluding tert-OH is 1. The lowest BCUT2D eigenvalue weighted by Crippen LogP contribution is -2.29. The monoisotopic (exact) mass is 430 g/mol. The largest absolute Gasteiger partial charge is 0.508 e. The van der Waals surface area contributed by atoms with Gasteiger partial charge in [-0.3, -0.25) is 14.6 Å². The van der Waals surface area contributed by atoms with E-state index in [4.69, 9.17) is 4.74 Å². The summed E-state index contributed by atoms with van der Waals surface area (Å²) < 4.78 is 5.50. The van der Waals surface area contributed by atoms with Gasteiger partial charge in [0.05, 0.1) is 18.2 Å². The summed E-state index contributed by atoms with van der Waals surface area (Å²) in [5.41, 5.74) is 1.70. The number of nitrogens with zero attached hydrogens (tertiary/aromatic N) is 2.